The first-order chi connectivity index (χ1) is 8.36. The Hall–Kier alpha value is -1.29. The Balaban J connectivity index is 2.24. The maximum absolute atomic E-state index is 9.21. The highest BCUT2D eigenvalue weighted by molar-refractivity contribution is 5.53. The summed E-state index contributed by atoms with van der Waals surface area (Å²) in [5, 5.41) is 9.21. The van der Waals surface area contributed by atoms with Gasteiger partial charge >= 0.3 is 0 Å². The molecule has 1 aliphatic carbocycles. The molecule has 0 unspecified atom stereocenters. The van der Waals surface area contributed by atoms with E-state index in [0.29, 0.717) is 12.6 Å². The quantitative estimate of drug-likeness (QED) is 0.847. The van der Waals surface area contributed by atoms with Gasteiger partial charge in [0.05, 0.1) is 13.7 Å². The van der Waals surface area contributed by atoms with E-state index in [0.717, 1.165) is 11.6 Å². The first kappa shape index (κ1) is 12.2. The van der Waals surface area contributed by atoms with Crippen molar-refractivity contribution in [3.05, 3.63) is 18.3 Å². The van der Waals surface area contributed by atoms with Gasteiger partial charge in [0.25, 0.3) is 0 Å². The summed E-state index contributed by atoms with van der Waals surface area (Å²) in [5.41, 5.74) is 0. The molecule has 1 aromatic rings. The summed E-state index contributed by atoms with van der Waals surface area (Å²) < 4.78 is 5.35. The molecular weight excluding hydrogens is 216 g/mol. The van der Waals surface area contributed by atoms with Crippen molar-refractivity contribution in [1.82, 2.24) is 4.98 Å². The summed E-state index contributed by atoms with van der Waals surface area (Å²) in [5.74, 6) is 1.64. The average molecular weight is 236 g/mol. The van der Waals surface area contributed by atoms with Crippen LogP contribution < -0.4 is 9.64 Å². The van der Waals surface area contributed by atoms with Crippen LogP contribution in [0.2, 0.25) is 0 Å². The van der Waals surface area contributed by atoms with Crippen molar-refractivity contribution in [2.45, 2.75) is 31.7 Å². The van der Waals surface area contributed by atoms with E-state index in [-0.39, 0.29) is 6.61 Å². The van der Waals surface area contributed by atoms with E-state index in [1.807, 2.05) is 12.1 Å². The Morgan fingerprint density at radius 3 is 2.88 bits per heavy atom. The van der Waals surface area contributed by atoms with Crippen LogP contribution in [0.25, 0.3) is 0 Å². The lowest BCUT2D eigenvalue weighted by molar-refractivity contribution is 0.296. The standard InChI is InChI=1S/C13H20N2O2/c1-17-12-7-4-8-14-13(12)15(9-10-16)11-5-2-3-6-11/h4,7-8,11,16H,2-3,5-6,9-10H2,1H3. The molecule has 4 heteroatoms. The van der Waals surface area contributed by atoms with Gasteiger partial charge in [0, 0.05) is 18.8 Å². The van der Waals surface area contributed by atoms with Crippen molar-refractivity contribution >= 4 is 5.82 Å². The Morgan fingerprint density at radius 2 is 2.24 bits per heavy atom. The molecule has 0 radical (unpaired) electrons. The predicted octanol–water partition coefficient (Wildman–Crippen LogP) is 1.83. The van der Waals surface area contributed by atoms with Crippen LogP contribution in [0.3, 0.4) is 0 Å². The number of hydrogen-bond donors (Lipinski definition) is 1. The van der Waals surface area contributed by atoms with Gasteiger partial charge < -0.3 is 14.7 Å². The van der Waals surface area contributed by atoms with E-state index >= 15 is 0 Å². The van der Waals surface area contributed by atoms with Crippen LogP contribution in [0.4, 0.5) is 5.82 Å². The molecule has 0 spiro atoms. The molecule has 94 valence electrons. The lowest BCUT2D eigenvalue weighted by Gasteiger charge is -2.30. The van der Waals surface area contributed by atoms with Gasteiger partial charge in [-0.2, -0.15) is 0 Å². The molecule has 0 amide bonds. The Labute approximate surface area is 102 Å². The van der Waals surface area contributed by atoms with Crippen molar-refractivity contribution < 1.29 is 9.84 Å². The number of rotatable bonds is 5. The third-order valence-corrected chi connectivity index (χ3v) is 3.35. The second kappa shape index (κ2) is 5.87. The first-order valence-corrected chi connectivity index (χ1v) is 6.23. The number of ether oxygens (including phenoxy) is 1. The van der Waals surface area contributed by atoms with Crippen LogP contribution in [-0.2, 0) is 0 Å². The number of anilines is 1. The van der Waals surface area contributed by atoms with Crippen LogP contribution in [0, 0.1) is 0 Å². The Bertz CT molecular complexity index is 351. The lowest BCUT2D eigenvalue weighted by atomic mass is 10.2. The predicted molar refractivity (Wildman–Crippen MR) is 67.5 cm³/mol. The average Bonchev–Trinajstić information content (AvgIpc) is 2.89. The first-order valence-electron chi connectivity index (χ1n) is 6.23. The molecule has 4 nitrogen and oxygen atoms in total. The van der Waals surface area contributed by atoms with Crippen molar-refractivity contribution in [1.29, 1.82) is 0 Å². The van der Waals surface area contributed by atoms with Gasteiger partial charge in [-0.25, -0.2) is 4.98 Å². The summed E-state index contributed by atoms with van der Waals surface area (Å²) in [6.07, 6.45) is 6.67. The molecule has 1 aromatic heterocycles. The smallest absolute Gasteiger partial charge is 0.171 e. The second-order valence-corrected chi connectivity index (χ2v) is 4.38. The summed E-state index contributed by atoms with van der Waals surface area (Å²) >= 11 is 0. The van der Waals surface area contributed by atoms with Crippen molar-refractivity contribution in [3.8, 4) is 5.75 Å². The van der Waals surface area contributed by atoms with Gasteiger partial charge in [-0.15, -0.1) is 0 Å². The monoisotopic (exact) mass is 236 g/mol. The van der Waals surface area contributed by atoms with Gasteiger partial charge in [-0.05, 0) is 25.0 Å². The minimum atomic E-state index is 0.149. The molecule has 0 bridgehead atoms. The molecule has 2 rings (SSSR count). The van der Waals surface area contributed by atoms with Gasteiger partial charge in [-0.1, -0.05) is 12.8 Å². The summed E-state index contributed by atoms with van der Waals surface area (Å²) in [6.45, 7) is 0.772. The molecule has 0 atom stereocenters. The third kappa shape index (κ3) is 2.69. The number of nitrogens with zero attached hydrogens (tertiary/aromatic N) is 2. The zero-order valence-electron chi connectivity index (χ0n) is 10.3. The molecular formula is C13H20N2O2. The number of aromatic nitrogens is 1. The van der Waals surface area contributed by atoms with E-state index in [4.69, 9.17) is 4.74 Å². The molecule has 0 saturated heterocycles. The minimum absolute atomic E-state index is 0.149. The Kier molecular flexibility index (Phi) is 4.20. The highest BCUT2D eigenvalue weighted by Gasteiger charge is 2.25. The van der Waals surface area contributed by atoms with Crippen molar-refractivity contribution in [3.63, 3.8) is 0 Å². The number of hydrogen-bond acceptors (Lipinski definition) is 4. The second-order valence-electron chi connectivity index (χ2n) is 4.38. The highest BCUT2D eigenvalue weighted by atomic mass is 16.5. The number of aliphatic hydroxyl groups excluding tert-OH is 1. The molecule has 1 N–H and O–H groups in total. The van der Waals surface area contributed by atoms with Gasteiger partial charge in [0.1, 0.15) is 0 Å². The van der Waals surface area contributed by atoms with Crippen LogP contribution in [0.15, 0.2) is 18.3 Å². The van der Waals surface area contributed by atoms with E-state index in [1.54, 1.807) is 13.3 Å². The maximum Gasteiger partial charge on any atom is 0.171 e. The van der Waals surface area contributed by atoms with Gasteiger partial charge in [-0.3, -0.25) is 0 Å². The van der Waals surface area contributed by atoms with E-state index in [2.05, 4.69) is 9.88 Å². The molecule has 1 heterocycles. The Morgan fingerprint density at radius 1 is 1.47 bits per heavy atom. The molecule has 1 fully saturated rings. The fraction of sp³-hybridized carbons (Fsp3) is 0.615. The minimum Gasteiger partial charge on any atom is -0.493 e. The molecule has 0 aromatic carbocycles. The number of pyridine rings is 1. The molecule has 1 aliphatic rings. The van der Waals surface area contributed by atoms with E-state index in [9.17, 15) is 5.11 Å². The topological polar surface area (TPSA) is 45.6 Å². The summed E-state index contributed by atoms with van der Waals surface area (Å²) in [4.78, 5) is 6.59. The van der Waals surface area contributed by atoms with Gasteiger partial charge in [0.15, 0.2) is 11.6 Å². The zero-order valence-corrected chi connectivity index (χ0v) is 10.3. The largest absolute Gasteiger partial charge is 0.493 e. The van der Waals surface area contributed by atoms with Gasteiger partial charge in [0.2, 0.25) is 0 Å². The van der Waals surface area contributed by atoms with Crippen LogP contribution in [0.1, 0.15) is 25.7 Å². The highest BCUT2D eigenvalue weighted by Crippen LogP contribution is 2.32. The maximum atomic E-state index is 9.21. The van der Waals surface area contributed by atoms with Crippen molar-refractivity contribution in [2.75, 3.05) is 25.2 Å². The number of aliphatic hydroxyl groups is 1. The third-order valence-electron chi connectivity index (χ3n) is 3.35. The van der Waals surface area contributed by atoms with Crippen molar-refractivity contribution in [2.24, 2.45) is 0 Å². The van der Waals surface area contributed by atoms with E-state index in [1.165, 1.54) is 25.7 Å². The van der Waals surface area contributed by atoms with Crippen LogP contribution >= 0.6 is 0 Å². The number of methoxy groups -OCH3 is 1. The fourth-order valence-electron chi connectivity index (χ4n) is 2.54. The van der Waals surface area contributed by atoms with E-state index < -0.39 is 0 Å². The fourth-order valence-corrected chi connectivity index (χ4v) is 2.54. The zero-order chi connectivity index (χ0) is 12.1. The molecule has 17 heavy (non-hydrogen) atoms. The SMILES string of the molecule is COc1cccnc1N(CCO)C1CCCC1. The normalized spacial score (nSPS) is 16.1. The summed E-state index contributed by atoms with van der Waals surface area (Å²) in [7, 11) is 1.66. The molecule has 0 aliphatic heterocycles. The van der Waals surface area contributed by atoms with Crippen LogP contribution in [-0.4, -0.2) is 36.4 Å². The molecule has 1 saturated carbocycles. The van der Waals surface area contributed by atoms with Crippen LogP contribution in [0.5, 0.6) is 5.75 Å². The lowest BCUT2D eigenvalue weighted by Crippen LogP contribution is -2.36. The summed E-state index contributed by atoms with van der Waals surface area (Å²) in [6, 6.07) is 4.28.